The van der Waals surface area contributed by atoms with Crippen molar-refractivity contribution in [3.05, 3.63) is 0 Å². The van der Waals surface area contributed by atoms with Gasteiger partial charge in [-0.3, -0.25) is 0 Å². The molecule has 124 valence electrons. The van der Waals surface area contributed by atoms with Gasteiger partial charge < -0.3 is 5.32 Å². The molecule has 2 aliphatic carbocycles. The van der Waals surface area contributed by atoms with Crippen LogP contribution in [-0.4, -0.2) is 12.6 Å². The van der Waals surface area contributed by atoms with Crippen LogP contribution in [0, 0.1) is 23.2 Å². The Morgan fingerprint density at radius 1 is 0.857 bits per heavy atom. The van der Waals surface area contributed by atoms with Gasteiger partial charge in [-0.25, -0.2) is 0 Å². The maximum absolute atomic E-state index is 3.90. The third-order valence-electron chi connectivity index (χ3n) is 6.41. The second-order valence-corrected chi connectivity index (χ2v) is 9.03. The highest BCUT2D eigenvalue weighted by Gasteiger charge is 2.30. The Hall–Kier alpha value is -0.0400. The van der Waals surface area contributed by atoms with E-state index in [2.05, 4.69) is 33.0 Å². The Morgan fingerprint density at radius 3 is 1.95 bits per heavy atom. The van der Waals surface area contributed by atoms with Crippen LogP contribution in [0.1, 0.15) is 91.9 Å². The predicted molar refractivity (Wildman–Crippen MR) is 93.6 cm³/mol. The van der Waals surface area contributed by atoms with E-state index in [4.69, 9.17) is 0 Å². The zero-order valence-corrected chi connectivity index (χ0v) is 15.1. The fourth-order valence-corrected chi connectivity index (χ4v) is 4.56. The molecule has 0 amide bonds. The molecule has 0 heterocycles. The maximum atomic E-state index is 3.90. The van der Waals surface area contributed by atoms with Crippen molar-refractivity contribution >= 4 is 0 Å². The molecular formula is C20H39N. The van der Waals surface area contributed by atoms with Crippen molar-refractivity contribution in [1.29, 1.82) is 0 Å². The molecule has 21 heavy (non-hydrogen) atoms. The maximum Gasteiger partial charge on any atom is 0.00671 e. The third-order valence-corrected chi connectivity index (χ3v) is 6.41. The minimum Gasteiger partial charge on any atom is -0.314 e. The van der Waals surface area contributed by atoms with Crippen molar-refractivity contribution in [1.82, 2.24) is 5.32 Å². The first kappa shape index (κ1) is 17.3. The van der Waals surface area contributed by atoms with Gasteiger partial charge in [0.15, 0.2) is 0 Å². The molecular weight excluding hydrogens is 254 g/mol. The second kappa shape index (κ2) is 7.99. The van der Waals surface area contributed by atoms with Crippen molar-refractivity contribution in [2.24, 2.45) is 23.2 Å². The molecule has 0 saturated heterocycles. The van der Waals surface area contributed by atoms with Crippen molar-refractivity contribution in [2.45, 2.75) is 97.9 Å². The van der Waals surface area contributed by atoms with E-state index in [1.807, 2.05) is 0 Å². The molecule has 0 radical (unpaired) electrons. The highest BCUT2D eigenvalue weighted by molar-refractivity contribution is 4.82. The lowest BCUT2D eigenvalue weighted by Gasteiger charge is -2.37. The molecule has 0 aromatic carbocycles. The summed E-state index contributed by atoms with van der Waals surface area (Å²) in [6.45, 7) is 11.0. The summed E-state index contributed by atoms with van der Waals surface area (Å²) in [6.07, 6.45) is 14.6. The van der Waals surface area contributed by atoms with Gasteiger partial charge in [0.05, 0.1) is 0 Å². The molecule has 0 aliphatic heterocycles. The number of hydrogen-bond donors (Lipinski definition) is 1. The molecule has 0 aromatic rings. The summed E-state index contributed by atoms with van der Waals surface area (Å²) in [5.74, 6) is 2.84. The van der Waals surface area contributed by atoms with Gasteiger partial charge in [-0.1, -0.05) is 46.5 Å². The average Bonchev–Trinajstić information content (AvgIpc) is 2.73. The van der Waals surface area contributed by atoms with Crippen LogP contribution in [0.3, 0.4) is 0 Å². The summed E-state index contributed by atoms with van der Waals surface area (Å²) in [6, 6.07) is 0.739. The molecule has 1 N–H and O–H groups in total. The minimum absolute atomic E-state index is 0.520. The number of hydrogen-bond acceptors (Lipinski definition) is 1. The lowest BCUT2D eigenvalue weighted by molar-refractivity contribution is 0.146. The summed E-state index contributed by atoms with van der Waals surface area (Å²) >= 11 is 0. The van der Waals surface area contributed by atoms with Gasteiger partial charge in [0, 0.05) is 6.04 Å². The van der Waals surface area contributed by atoms with Crippen LogP contribution in [0.15, 0.2) is 0 Å². The zero-order valence-electron chi connectivity index (χ0n) is 15.1. The van der Waals surface area contributed by atoms with Crippen molar-refractivity contribution in [3.8, 4) is 0 Å². The predicted octanol–water partition coefficient (Wildman–Crippen LogP) is 5.79. The van der Waals surface area contributed by atoms with Gasteiger partial charge in [0.25, 0.3) is 0 Å². The van der Waals surface area contributed by atoms with Gasteiger partial charge in [-0.2, -0.15) is 0 Å². The topological polar surface area (TPSA) is 12.0 Å². The SMILES string of the molecule is C[C@@H](NCC1CCC(C(C)(C)C)CC1)C1CCCCCC1. The van der Waals surface area contributed by atoms with Crippen molar-refractivity contribution in [3.63, 3.8) is 0 Å². The molecule has 2 aliphatic rings. The molecule has 0 spiro atoms. The Labute approximate surface area is 133 Å². The van der Waals surface area contributed by atoms with E-state index in [1.165, 1.54) is 70.8 Å². The van der Waals surface area contributed by atoms with E-state index in [9.17, 15) is 0 Å². The second-order valence-electron chi connectivity index (χ2n) is 9.03. The Balaban J connectivity index is 1.67. The van der Waals surface area contributed by atoms with E-state index in [0.29, 0.717) is 5.41 Å². The lowest BCUT2D eigenvalue weighted by atomic mass is 9.70. The molecule has 2 saturated carbocycles. The summed E-state index contributed by atoms with van der Waals surface area (Å²) in [5, 5.41) is 3.90. The molecule has 2 rings (SSSR count). The van der Waals surface area contributed by atoms with E-state index in [-0.39, 0.29) is 0 Å². The lowest BCUT2D eigenvalue weighted by Crippen LogP contribution is -2.38. The number of rotatable bonds is 4. The molecule has 1 nitrogen and oxygen atoms in total. The van der Waals surface area contributed by atoms with E-state index in [0.717, 1.165) is 23.8 Å². The largest absolute Gasteiger partial charge is 0.314 e. The first-order chi connectivity index (χ1) is 9.97. The van der Waals surface area contributed by atoms with Crippen molar-refractivity contribution in [2.75, 3.05) is 6.54 Å². The fraction of sp³-hybridized carbons (Fsp3) is 1.00. The molecule has 0 unspecified atom stereocenters. The quantitative estimate of drug-likeness (QED) is 0.647. The normalized spacial score (nSPS) is 30.9. The van der Waals surface area contributed by atoms with Crippen molar-refractivity contribution < 1.29 is 0 Å². The van der Waals surface area contributed by atoms with Crippen LogP contribution in [0.4, 0.5) is 0 Å². The van der Waals surface area contributed by atoms with E-state index < -0.39 is 0 Å². The minimum atomic E-state index is 0.520. The highest BCUT2D eigenvalue weighted by Crippen LogP contribution is 2.39. The summed E-state index contributed by atoms with van der Waals surface area (Å²) in [5.41, 5.74) is 0.520. The van der Waals surface area contributed by atoms with Gasteiger partial charge >= 0.3 is 0 Å². The third kappa shape index (κ3) is 5.58. The van der Waals surface area contributed by atoms with Crippen LogP contribution >= 0.6 is 0 Å². The van der Waals surface area contributed by atoms with E-state index >= 15 is 0 Å². The first-order valence-corrected chi connectivity index (χ1v) is 9.70. The monoisotopic (exact) mass is 293 g/mol. The highest BCUT2D eigenvalue weighted by atomic mass is 14.9. The summed E-state index contributed by atoms with van der Waals surface area (Å²) < 4.78 is 0. The van der Waals surface area contributed by atoms with Crippen LogP contribution in [0.25, 0.3) is 0 Å². The first-order valence-electron chi connectivity index (χ1n) is 9.70. The van der Waals surface area contributed by atoms with Gasteiger partial charge in [0.1, 0.15) is 0 Å². The summed E-state index contributed by atoms with van der Waals surface area (Å²) in [7, 11) is 0. The zero-order chi connectivity index (χ0) is 15.3. The Morgan fingerprint density at radius 2 is 1.43 bits per heavy atom. The molecule has 1 heteroatoms. The van der Waals surface area contributed by atoms with Crippen LogP contribution in [0.5, 0.6) is 0 Å². The van der Waals surface area contributed by atoms with Gasteiger partial charge in [-0.05, 0) is 75.2 Å². The van der Waals surface area contributed by atoms with Gasteiger partial charge in [-0.15, -0.1) is 0 Å². The molecule has 0 bridgehead atoms. The van der Waals surface area contributed by atoms with Crippen LogP contribution in [-0.2, 0) is 0 Å². The smallest absolute Gasteiger partial charge is 0.00671 e. The van der Waals surface area contributed by atoms with E-state index in [1.54, 1.807) is 0 Å². The van der Waals surface area contributed by atoms with Gasteiger partial charge in [0.2, 0.25) is 0 Å². The van der Waals surface area contributed by atoms with Crippen LogP contribution < -0.4 is 5.32 Å². The summed E-state index contributed by atoms with van der Waals surface area (Å²) in [4.78, 5) is 0. The Bertz CT molecular complexity index is 275. The van der Waals surface area contributed by atoms with Crippen LogP contribution in [0.2, 0.25) is 0 Å². The Kier molecular flexibility index (Phi) is 6.59. The standard InChI is InChI=1S/C20H39N/c1-16(18-9-7-5-6-8-10-18)21-15-17-11-13-19(14-12-17)20(2,3)4/h16-19,21H,5-15H2,1-4H3/t16-,17?,19?/m1/s1. The number of nitrogens with one attached hydrogen (secondary N) is 1. The molecule has 0 aromatic heterocycles. The molecule has 1 atom stereocenters. The fourth-order valence-electron chi connectivity index (χ4n) is 4.56. The average molecular weight is 294 g/mol. The molecule has 2 fully saturated rings.